The zero-order valence-electron chi connectivity index (χ0n) is 10.5. The SMILES string of the molecule is CCCOCCCNCc1cc(Cl)cc(Cl)c1O. The Morgan fingerprint density at radius 3 is 2.78 bits per heavy atom. The van der Waals surface area contributed by atoms with Gasteiger partial charge in [0, 0.05) is 30.3 Å². The van der Waals surface area contributed by atoms with Crippen molar-refractivity contribution in [2.24, 2.45) is 0 Å². The molecular formula is C13H19Cl2NO2. The molecule has 0 saturated carbocycles. The topological polar surface area (TPSA) is 41.5 Å². The molecule has 0 saturated heterocycles. The molecule has 0 fully saturated rings. The van der Waals surface area contributed by atoms with E-state index >= 15 is 0 Å². The molecule has 0 aliphatic rings. The third-order valence-electron chi connectivity index (χ3n) is 2.41. The predicted molar refractivity (Wildman–Crippen MR) is 75.6 cm³/mol. The zero-order valence-corrected chi connectivity index (χ0v) is 12.0. The Balaban J connectivity index is 2.27. The van der Waals surface area contributed by atoms with Crippen molar-refractivity contribution < 1.29 is 9.84 Å². The van der Waals surface area contributed by atoms with Gasteiger partial charge in [0.25, 0.3) is 0 Å². The molecule has 0 spiro atoms. The highest BCUT2D eigenvalue weighted by Crippen LogP contribution is 2.30. The van der Waals surface area contributed by atoms with Gasteiger partial charge in [0.15, 0.2) is 0 Å². The summed E-state index contributed by atoms with van der Waals surface area (Å²) in [5.74, 6) is 0.0933. The fourth-order valence-electron chi connectivity index (χ4n) is 1.52. The van der Waals surface area contributed by atoms with Crippen LogP contribution in [0, 0.1) is 0 Å². The van der Waals surface area contributed by atoms with E-state index in [4.69, 9.17) is 27.9 Å². The van der Waals surface area contributed by atoms with Crippen LogP contribution < -0.4 is 5.32 Å². The van der Waals surface area contributed by atoms with Crippen molar-refractivity contribution in [3.8, 4) is 5.75 Å². The summed E-state index contributed by atoms with van der Waals surface area (Å²) >= 11 is 11.7. The summed E-state index contributed by atoms with van der Waals surface area (Å²) < 4.78 is 5.37. The first-order chi connectivity index (χ1) is 8.65. The van der Waals surface area contributed by atoms with E-state index in [2.05, 4.69) is 12.2 Å². The van der Waals surface area contributed by atoms with Gasteiger partial charge in [-0.1, -0.05) is 30.1 Å². The molecule has 0 amide bonds. The van der Waals surface area contributed by atoms with Crippen molar-refractivity contribution >= 4 is 23.2 Å². The van der Waals surface area contributed by atoms with E-state index in [0.29, 0.717) is 17.1 Å². The fourth-order valence-corrected chi connectivity index (χ4v) is 2.06. The molecule has 18 heavy (non-hydrogen) atoms. The number of rotatable bonds is 8. The maximum atomic E-state index is 9.74. The molecule has 0 aliphatic carbocycles. The third kappa shape index (κ3) is 5.44. The number of benzene rings is 1. The van der Waals surface area contributed by atoms with E-state index in [1.807, 2.05) is 0 Å². The summed E-state index contributed by atoms with van der Waals surface area (Å²) in [6, 6.07) is 3.24. The van der Waals surface area contributed by atoms with Gasteiger partial charge in [0.05, 0.1) is 5.02 Å². The average molecular weight is 292 g/mol. The first-order valence-corrected chi connectivity index (χ1v) is 6.86. The van der Waals surface area contributed by atoms with Crippen LogP contribution in [0.25, 0.3) is 0 Å². The maximum absolute atomic E-state index is 9.74. The van der Waals surface area contributed by atoms with E-state index in [1.54, 1.807) is 6.07 Å². The zero-order chi connectivity index (χ0) is 13.4. The predicted octanol–water partition coefficient (Wildman–Crippen LogP) is 3.61. The fraction of sp³-hybridized carbons (Fsp3) is 0.538. The molecule has 0 radical (unpaired) electrons. The molecule has 3 nitrogen and oxygen atoms in total. The quantitative estimate of drug-likeness (QED) is 0.719. The molecular weight excluding hydrogens is 273 g/mol. The lowest BCUT2D eigenvalue weighted by atomic mass is 10.2. The molecule has 5 heteroatoms. The minimum absolute atomic E-state index is 0.0933. The second-order valence-corrected chi connectivity index (χ2v) is 4.88. The van der Waals surface area contributed by atoms with Gasteiger partial charge in [-0.2, -0.15) is 0 Å². The lowest BCUT2D eigenvalue weighted by Gasteiger charge is -2.09. The largest absolute Gasteiger partial charge is 0.506 e. The van der Waals surface area contributed by atoms with Crippen molar-refractivity contribution in [1.29, 1.82) is 0 Å². The summed E-state index contributed by atoms with van der Waals surface area (Å²) in [4.78, 5) is 0. The lowest BCUT2D eigenvalue weighted by molar-refractivity contribution is 0.132. The highest BCUT2D eigenvalue weighted by molar-refractivity contribution is 6.35. The standard InChI is InChI=1S/C13H19Cl2NO2/c1-2-5-18-6-3-4-16-9-10-7-11(14)8-12(15)13(10)17/h7-8,16-17H,2-6,9H2,1H3. The molecule has 0 heterocycles. The summed E-state index contributed by atoms with van der Waals surface area (Å²) in [6.45, 7) is 5.02. The van der Waals surface area contributed by atoms with Crippen molar-refractivity contribution in [1.82, 2.24) is 5.32 Å². The summed E-state index contributed by atoms with van der Waals surface area (Å²) in [5, 5.41) is 13.8. The molecule has 0 bridgehead atoms. The van der Waals surface area contributed by atoms with Crippen molar-refractivity contribution in [3.05, 3.63) is 27.7 Å². The van der Waals surface area contributed by atoms with Crippen molar-refractivity contribution in [2.75, 3.05) is 19.8 Å². The smallest absolute Gasteiger partial charge is 0.138 e. The Labute approximate surface area is 118 Å². The van der Waals surface area contributed by atoms with Gasteiger partial charge in [0.1, 0.15) is 5.75 Å². The summed E-state index contributed by atoms with van der Waals surface area (Å²) in [6.07, 6.45) is 1.98. The van der Waals surface area contributed by atoms with Crippen LogP contribution in [0.5, 0.6) is 5.75 Å². The average Bonchev–Trinajstić information content (AvgIpc) is 2.33. The van der Waals surface area contributed by atoms with Gasteiger partial charge in [-0.05, 0) is 31.5 Å². The van der Waals surface area contributed by atoms with Crippen LogP contribution in [0.2, 0.25) is 10.0 Å². The van der Waals surface area contributed by atoms with Crippen LogP contribution in [0.15, 0.2) is 12.1 Å². The number of ether oxygens (including phenoxy) is 1. The first-order valence-electron chi connectivity index (χ1n) is 6.10. The molecule has 1 aromatic rings. The molecule has 0 aliphatic heterocycles. The first kappa shape index (κ1) is 15.6. The highest BCUT2D eigenvalue weighted by atomic mass is 35.5. The van der Waals surface area contributed by atoms with Crippen LogP contribution in [-0.4, -0.2) is 24.9 Å². The van der Waals surface area contributed by atoms with Gasteiger partial charge < -0.3 is 15.2 Å². The second kappa shape index (κ2) is 8.59. The second-order valence-electron chi connectivity index (χ2n) is 4.04. The van der Waals surface area contributed by atoms with Crippen molar-refractivity contribution in [3.63, 3.8) is 0 Å². The van der Waals surface area contributed by atoms with Crippen LogP contribution in [0.1, 0.15) is 25.3 Å². The number of hydrogen-bond acceptors (Lipinski definition) is 3. The van der Waals surface area contributed by atoms with E-state index in [9.17, 15) is 5.11 Å². The normalized spacial score (nSPS) is 10.8. The monoisotopic (exact) mass is 291 g/mol. The van der Waals surface area contributed by atoms with E-state index in [0.717, 1.165) is 32.6 Å². The maximum Gasteiger partial charge on any atom is 0.138 e. The Morgan fingerprint density at radius 1 is 1.28 bits per heavy atom. The lowest BCUT2D eigenvalue weighted by Crippen LogP contribution is -2.16. The number of hydrogen-bond donors (Lipinski definition) is 2. The van der Waals surface area contributed by atoms with Gasteiger partial charge in [-0.3, -0.25) is 0 Å². The molecule has 2 N–H and O–H groups in total. The molecule has 0 atom stereocenters. The minimum atomic E-state index is 0.0933. The number of aromatic hydroxyl groups is 1. The summed E-state index contributed by atoms with van der Waals surface area (Å²) in [5.41, 5.74) is 0.710. The Kier molecular flexibility index (Phi) is 7.44. The molecule has 1 aromatic carbocycles. The Bertz CT molecular complexity index is 372. The third-order valence-corrected chi connectivity index (χ3v) is 2.92. The minimum Gasteiger partial charge on any atom is -0.506 e. The summed E-state index contributed by atoms with van der Waals surface area (Å²) in [7, 11) is 0. The number of halogens is 2. The van der Waals surface area contributed by atoms with Crippen molar-refractivity contribution in [2.45, 2.75) is 26.3 Å². The van der Waals surface area contributed by atoms with Gasteiger partial charge in [-0.15, -0.1) is 0 Å². The van der Waals surface area contributed by atoms with E-state index in [-0.39, 0.29) is 10.8 Å². The van der Waals surface area contributed by atoms with E-state index in [1.165, 1.54) is 6.07 Å². The van der Waals surface area contributed by atoms with Gasteiger partial charge in [-0.25, -0.2) is 0 Å². The van der Waals surface area contributed by atoms with Crippen LogP contribution >= 0.6 is 23.2 Å². The Morgan fingerprint density at radius 2 is 2.06 bits per heavy atom. The number of phenols is 1. The van der Waals surface area contributed by atoms with Gasteiger partial charge >= 0.3 is 0 Å². The molecule has 0 aromatic heterocycles. The number of phenolic OH excluding ortho intramolecular Hbond substituents is 1. The van der Waals surface area contributed by atoms with Crippen LogP contribution in [0.3, 0.4) is 0 Å². The highest BCUT2D eigenvalue weighted by Gasteiger charge is 2.07. The van der Waals surface area contributed by atoms with Crippen LogP contribution in [-0.2, 0) is 11.3 Å². The van der Waals surface area contributed by atoms with Crippen LogP contribution in [0.4, 0.5) is 0 Å². The van der Waals surface area contributed by atoms with Gasteiger partial charge in [0.2, 0.25) is 0 Å². The molecule has 1 rings (SSSR count). The Hall–Kier alpha value is -0.480. The molecule has 0 unspecified atom stereocenters. The number of nitrogens with one attached hydrogen (secondary N) is 1. The molecule has 102 valence electrons. The van der Waals surface area contributed by atoms with E-state index < -0.39 is 0 Å².